The van der Waals surface area contributed by atoms with E-state index >= 15 is 0 Å². The van der Waals surface area contributed by atoms with E-state index in [0.717, 1.165) is 42.9 Å². The van der Waals surface area contributed by atoms with E-state index in [1.54, 1.807) is 19.1 Å². The van der Waals surface area contributed by atoms with E-state index in [0.29, 0.717) is 45.0 Å². The Kier molecular flexibility index (Phi) is 10.4. The zero-order valence-corrected chi connectivity index (χ0v) is 28.8. The number of hydrogen-bond donors (Lipinski definition) is 4. The summed E-state index contributed by atoms with van der Waals surface area (Å²) in [5, 5.41) is 19.2. The van der Waals surface area contributed by atoms with E-state index in [1.165, 1.54) is 12.1 Å². The van der Waals surface area contributed by atoms with E-state index in [9.17, 15) is 9.65 Å². The number of hydrogen-bond acceptors (Lipinski definition) is 9. The van der Waals surface area contributed by atoms with Gasteiger partial charge in [-0.25, -0.2) is 4.39 Å². The fraction of sp³-hybridized carbons (Fsp3) is 0.343. The van der Waals surface area contributed by atoms with Crippen LogP contribution in [0.4, 0.5) is 21.5 Å². The van der Waals surface area contributed by atoms with E-state index < -0.39 is 5.82 Å². The van der Waals surface area contributed by atoms with Gasteiger partial charge in [0.1, 0.15) is 5.82 Å². The van der Waals surface area contributed by atoms with Crippen LogP contribution >= 0.6 is 23.2 Å². The molecule has 0 bridgehead atoms. The number of nitrogens with one attached hydrogen (secondary N) is 4. The summed E-state index contributed by atoms with van der Waals surface area (Å²) < 4.78 is 13.9. The maximum Gasteiger partial charge on any atom is 0.141 e. The van der Waals surface area contributed by atoms with Gasteiger partial charge in [0, 0.05) is 59.7 Å². The number of aliphatic imine (C=N–C) groups is 1. The number of rotatable bonds is 9. The first-order valence-electron chi connectivity index (χ1n) is 15.5. The molecule has 3 aromatic rings. The van der Waals surface area contributed by atoms with Gasteiger partial charge in [0.05, 0.1) is 44.8 Å². The molecule has 0 aliphatic carbocycles. The van der Waals surface area contributed by atoms with E-state index in [1.807, 2.05) is 31.3 Å². The molecule has 3 heterocycles. The fourth-order valence-electron chi connectivity index (χ4n) is 5.83. The number of piperidine rings is 1. The Hall–Kier alpha value is -4.14. The molecule has 0 radical (unpaired) electrons. The van der Waals surface area contributed by atoms with Crippen molar-refractivity contribution in [2.24, 2.45) is 4.99 Å². The Morgan fingerprint density at radius 2 is 1.85 bits per heavy atom. The third kappa shape index (κ3) is 7.88. The lowest BCUT2D eigenvalue weighted by Crippen LogP contribution is -2.52. The number of nitrogens with zero attached hydrogens (tertiary/aromatic N) is 5. The smallest absolute Gasteiger partial charge is 0.141 e. The van der Waals surface area contributed by atoms with Crippen molar-refractivity contribution in [2.45, 2.75) is 65.1 Å². The summed E-state index contributed by atoms with van der Waals surface area (Å²) in [5.74, 6) is -0.544. The fourth-order valence-corrected chi connectivity index (χ4v) is 6.29. The number of hydrazine groups is 2. The highest BCUT2D eigenvalue weighted by Crippen LogP contribution is 2.40. The molecule has 0 unspecified atom stereocenters. The van der Waals surface area contributed by atoms with Crippen LogP contribution in [0.3, 0.4) is 0 Å². The summed E-state index contributed by atoms with van der Waals surface area (Å²) >= 11 is 12.9. The van der Waals surface area contributed by atoms with Crippen LogP contribution in [0.5, 0.6) is 0 Å². The summed E-state index contributed by atoms with van der Waals surface area (Å²) in [7, 11) is 0. The number of allylic oxidation sites excluding steroid dienone is 1. The van der Waals surface area contributed by atoms with Crippen LogP contribution in [0.1, 0.15) is 63.4 Å². The number of nitriles is 1. The number of anilines is 2. The van der Waals surface area contributed by atoms with Crippen molar-refractivity contribution in [2.75, 3.05) is 23.7 Å². The highest BCUT2D eigenvalue weighted by atomic mass is 35.5. The zero-order valence-electron chi connectivity index (χ0n) is 27.3. The second-order valence-corrected chi connectivity index (χ2v) is 13.6. The average molecular weight is 677 g/mol. The van der Waals surface area contributed by atoms with E-state index in [2.05, 4.69) is 81.2 Å². The second-order valence-electron chi connectivity index (χ2n) is 12.8. The van der Waals surface area contributed by atoms with Crippen LogP contribution in [0.25, 0.3) is 5.70 Å². The number of aromatic nitrogens is 1. The molecule has 47 heavy (non-hydrogen) atoms. The molecular weight excluding hydrogens is 636 g/mol. The third-order valence-electron chi connectivity index (χ3n) is 8.53. The highest BCUT2D eigenvalue weighted by molar-refractivity contribution is 6.34. The highest BCUT2D eigenvalue weighted by Gasteiger charge is 2.32. The molecule has 1 saturated heterocycles. The van der Waals surface area contributed by atoms with Gasteiger partial charge in [-0.05, 0) is 96.1 Å². The molecule has 2 aromatic carbocycles. The monoisotopic (exact) mass is 675 g/mol. The normalized spacial score (nSPS) is 16.9. The minimum Gasteiger partial charge on any atom is -0.373 e. The van der Waals surface area contributed by atoms with Crippen molar-refractivity contribution >= 4 is 52.7 Å². The van der Waals surface area contributed by atoms with Gasteiger partial charge < -0.3 is 16.1 Å². The lowest BCUT2D eigenvalue weighted by Gasteiger charge is -2.42. The lowest BCUT2D eigenvalue weighted by molar-refractivity contribution is 0.0570. The molecule has 12 heteroatoms. The van der Waals surface area contributed by atoms with Crippen LogP contribution in [0.2, 0.25) is 10.0 Å². The molecule has 1 aromatic heterocycles. The van der Waals surface area contributed by atoms with Gasteiger partial charge in [-0.15, -0.1) is 5.53 Å². The first kappa shape index (κ1) is 34.2. The molecule has 5 rings (SSSR count). The molecular formula is C35H40Cl2FN9. The van der Waals surface area contributed by atoms with Crippen molar-refractivity contribution < 1.29 is 4.39 Å². The van der Waals surface area contributed by atoms with Gasteiger partial charge in [0.2, 0.25) is 0 Å². The van der Waals surface area contributed by atoms with Crippen molar-refractivity contribution in [3.05, 3.63) is 98.8 Å². The van der Waals surface area contributed by atoms with Crippen LogP contribution in [0, 0.1) is 24.1 Å². The maximum absolute atomic E-state index is 13.9. The number of aryl methyl sites for hydroxylation is 1. The summed E-state index contributed by atoms with van der Waals surface area (Å²) in [4.78, 5) is 11.3. The standard InChI is InChI=1S/C35H40Cl2FN9/c1-21(18-39)32(42-24-9-10-30(38)28(36)16-24)27-15-25(17-29(37)34(27)40-6)43-33(23-8-7-22(2)41-19-23)31-20-47(45-44-31)26-11-13-46(14-12-26)35(3,4)5/h7-10,15-17,19-20,26,33,42-45H,6,11-14H2,1-5H3/b32-21-/t33-/m0/s1. The van der Waals surface area contributed by atoms with Gasteiger partial charge in [-0.2, -0.15) is 5.26 Å². The Balaban J connectivity index is 1.49. The van der Waals surface area contributed by atoms with Crippen LogP contribution in [-0.4, -0.2) is 46.3 Å². The SMILES string of the molecule is C=Nc1c(Cl)cc(N[C@H](C2=CN(C3CCN(C(C)(C)C)CC3)NN2)c2ccc(C)nc2)cc1/C(Nc1ccc(F)c(Cl)c1)=C(\C)C#N. The Labute approximate surface area is 286 Å². The van der Waals surface area contributed by atoms with Crippen LogP contribution in [0.15, 0.2) is 71.1 Å². The van der Waals surface area contributed by atoms with Crippen molar-refractivity contribution in [3.63, 3.8) is 0 Å². The molecule has 1 fully saturated rings. The number of halogens is 3. The topological polar surface area (TPSA) is 104 Å². The molecule has 2 aliphatic heterocycles. The molecule has 1 atom stereocenters. The molecule has 0 spiro atoms. The summed E-state index contributed by atoms with van der Waals surface area (Å²) in [6.07, 6.45) is 6.04. The number of pyridine rings is 1. The zero-order chi connectivity index (χ0) is 33.9. The van der Waals surface area contributed by atoms with Gasteiger partial charge in [-0.3, -0.25) is 19.9 Å². The van der Waals surface area contributed by atoms with Crippen molar-refractivity contribution in [3.8, 4) is 6.07 Å². The molecule has 246 valence electrons. The molecule has 4 N–H and O–H groups in total. The molecule has 9 nitrogen and oxygen atoms in total. The summed E-state index contributed by atoms with van der Waals surface area (Å²) in [6.45, 7) is 16.2. The largest absolute Gasteiger partial charge is 0.373 e. The summed E-state index contributed by atoms with van der Waals surface area (Å²) in [5.41, 5.74) is 12.5. The predicted molar refractivity (Wildman–Crippen MR) is 190 cm³/mol. The molecule has 2 aliphatic rings. The van der Waals surface area contributed by atoms with Gasteiger partial charge in [-0.1, -0.05) is 29.3 Å². The quantitative estimate of drug-likeness (QED) is 0.133. The summed E-state index contributed by atoms with van der Waals surface area (Å²) in [6, 6.07) is 14.1. The van der Waals surface area contributed by atoms with Gasteiger partial charge in [0.25, 0.3) is 0 Å². The maximum atomic E-state index is 13.9. The minimum atomic E-state index is -0.544. The number of likely N-dealkylation sites (tertiary alicyclic amines) is 1. The third-order valence-corrected chi connectivity index (χ3v) is 9.10. The molecule has 0 amide bonds. The first-order chi connectivity index (χ1) is 22.4. The van der Waals surface area contributed by atoms with Crippen LogP contribution in [-0.2, 0) is 0 Å². The van der Waals surface area contributed by atoms with E-state index in [4.69, 9.17) is 23.2 Å². The Morgan fingerprint density at radius 3 is 2.47 bits per heavy atom. The number of benzene rings is 2. The first-order valence-corrected chi connectivity index (χ1v) is 16.2. The Bertz CT molecular complexity index is 1730. The van der Waals surface area contributed by atoms with E-state index in [-0.39, 0.29) is 16.6 Å². The predicted octanol–water partition coefficient (Wildman–Crippen LogP) is 8.12. The van der Waals surface area contributed by atoms with Gasteiger partial charge in [0.15, 0.2) is 0 Å². The second kappa shape index (κ2) is 14.3. The van der Waals surface area contributed by atoms with Crippen molar-refractivity contribution in [1.82, 2.24) is 25.9 Å². The van der Waals surface area contributed by atoms with Crippen LogP contribution < -0.4 is 21.6 Å². The van der Waals surface area contributed by atoms with Gasteiger partial charge >= 0.3 is 0 Å². The van der Waals surface area contributed by atoms with Crippen molar-refractivity contribution in [1.29, 1.82) is 5.26 Å². The molecule has 0 saturated carbocycles. The average Bonchev–Trinajstić information content (AvgIpc) is 3.54. The Morgan fingerprint density at radius 1 is 1.13 bits per heavy atom. The lowest BCUT2D eigenvalue weighted by atomic mass is 9.98. The minimum absolute atomic E-state index is 0.0474.